The third kappa shape index (κ3) is 6.72. The van der Waals surface area contributed by atoms with Crippen LogP contribution in [0.4, 0.5) is 0 Å². The van der Waals surface area contributed by atoms with Crippen LogP contribution < -0.4 is 4.74 Å². The van der Waals surface area contributed by atoms with Gasteiger partial charge in [0.1, 0.15) is 19.0 Å². The zero-order valence-corrected chi connectivity index (χ0v) is 20.5. The molecular weight excluding hydrogens is 460 g/mol. The van der Waals surface area contributed by atoms with E-state index in [0.29, 0.717) is 23.5 Å². The molecule has 0 bridgehead atoms. The summed E-state index contributed by atoms with van der Waals surface area (Å²) in [7, 11) is 0. The Bertz CT molecular complexity index is 1110. The van der Waals surface area contributed by atoms with Gasteiger partial charge < -0.3 is 18.9 Å². The zero-order chi connectivity index (χ0) is 25.8. The van der Waals surface area contributed by atoms with Gasteiger partial charge in [0, 0.05) is 0 Å². The maximum Gasteiger partial charge on any atom is 0.331 e. The third-order valence-electron chi connectivity index (χ3n) is 5.48. The molecule has 0 aliphatic carbocycles. The van der Waals surface area contributed by atoms with E-state index in [1.807, 2.05) is 30.3 Å². The molecule has 0 amide bonds. The fraction of sp³-hybridized carbons (Fsp3) is 0.276. The molecule has 0 fully saturated rings. The fourth-order valence-electron chi connectivity index (χ4n) is 3.60. The smallest absolute Gasteiger partial charge is 0.331 e. The van der Waals surface area contributed by atoms with E-state index in [1.54, 1.807) is 68.4 Å². The summed E-state index contributed by atoms with van der Waals surface area (Å²) in [5, 5.41) is 0. The topological polar surface area (TPSA) is 88.1 Å². The van der Waals surface area contributed by atoms with E-state index in [9.17, 15) is 14.4 Å². The largest absolute Gasteiger partial charge is 0.489 e. The monoisotopic (exact) mass is 490 g/mol. The van der Waals surface area contributed by atoms with Crippen molar-refractivity contribution in [3.63, 3.8) is 0 Å². The average Bonchev–Trinajstić information content (AvgIpc) is 2.90. The first-order valence-electron chi connectivity index (χ1n) is 11.8. The van der Waals surface area contributed by atoms with Gasteiger partial charge in [-0.05, 0) is 42.7 Å². The van der Waals surface area contributed by atoms with E-state index >= 15 is 0 Å². The van der Waals surface area contributed by atoms with Gasteiger partial charge in [-0.25, -0.2) is 0 Å². The molecule has 0 N–H and O–H groups in total. The number of hydrogen-bond acceptors (Lipinski definition) is 7. The normalized spacial score (nSPS) is 10.8. The van der Waals surface area contributed by atoms with Crippen LogP contribution in [0.5, 0.6) is 5.75 Å². The summed E-state index contributed by atoms with van der Waals surface area (Å²) in [6, 6.07) is 25.2. The number of hydrogen-bond donors (Lipinski definition) is 0. The summed E-state index contributed by atoms with van der Waals surface area (Å²) in [6.07, 6.45) is -0.0461. The molecule has 0 spiro atoms. The minimum atomic E-state index is -1.92. The fourth-order valence-corrected chi connectivity index (χ4v) is 3.60. The molecule has 3 aromatic carbocycles. The van der Waals surface area contributed by atoms with E-state index in [0.717, 1.165) is 5.56 Å². The van der Waals surface area contributed by atoms with Crippen molar-refractivity contribution in [1.82, 2.24) is 0 Å². The molecule has 3 aromatic rings. The number of esters is 3. The molecule has 0 saturated carbocycles. The molecule has 36 heavy (non-hydrogen) atoms. The Morgan fingerprint density at radius 2 is 1.22 bits per heavy atom. The number of carbonyl (C=O) groups excluding carboxylic acids is 3. The zero-order valence-electron chi connectivity index (χ0n) is 20.5. The van der Waals surface area contributed by atoms with Crippen molar-refractivity contribution in [1.29, 1.82) is 0 Å². The van der Waals surface area contributed by atoms with E-state index in [1.165, 1.54) is 0 Å². The van der Waals surface area contributed by atoms with Crippen LogP contribution in [0.25, 0.3) is 0 Å². The van der Waals surface area contributed by atoms with Crippen LogP contribution in [0, 0.1) is 0 Å². The lowest BCUT2D eigenvalue weighted by Gasteiger charge is -2.29. The molecule has 0 atom stereocenters. The Balaban J connectivity index is 1.69. The average molecular weight is 491 g/mol. The Kier molecular flexibility index (Phi) is 9.63. The van der Waals surface area contributed by atoms with E-state index in [4.69, 9.17) is 18.9 Å². The molecule has 0 radical (unpaired) electrons. The molecule has 0 aliphatic heterocycles. The SMILES string of the molecule is CCOC(=O)C(COC(=O)Cc1ccc(OCc2ccccc2)cc1)(C(=O)OCC)c1ccccc1. The molecule has 0 unspecified atom stereocenters. The first-order valence-corrected chi connectivity index (χ1v) is 11.8. The first kappa shape index (κ1) is 26.5. The highest BCUT2D eigenvalue weighted by atomic mass is 16.6. The number of carbonyl (C=O) groups is 3. The molecular formula is C29H30O7. The second kappa shape index (κ2) is 13.1. The summed E-state index contributed by atoms with van der Waals surface area (Å²) < 4.78 is 21.6. The Morgan fingerprint density at radius 1 is 0.667 bits per heavy atom. The minimum Gasteiger partial charge on any atom is -0.489 e. The van der Waals surface area contributed by atoms with Gasteiger partial charge >= 0.3 is 17.9 Å². The van der Waals surface area contributed by atoms with Crippen LogP contribution in [0.1, 0.15) is 30.5 Å². The highest BCUT2D eigenvalue weighted by Crippen LogP contribution is 2.29. The number of ether oxygens (including phenoxy) is 4. The van der Waals surface area contributed by atoms with Crippen LogP contribution in [-0.2, 0) is 47.0 Å². The Labute approximate surface area is 210 Å². The molecule has 0 aliphatic rings. The van der Waals surface area contributed by atoms with Crippen molar-refractivity contribution in [3.8, 4) is 5.75 Å². The van der Waals surface area contributed by atoms with Gasteiger partial charge in [0.2, 0.25) is 5.41 Å². The Morgan fingerprint density at radius 3 is 1.78 bits per heavy atom. The molecule has 188 valence electrons. The van der Waals surface area contributed by atoms with Gasteiger partial charge in [0.25, 0.3) is 0 Å². The van der Waals surface area contributed by atoms with E-state index in [-0.39, 0.29) is 19.6 Å². The second-order valence-corrected chi connectivity index (χ2v) is 7.97. The van der Waals surface area contributed by atoms with Gasteiger partial charge in [0.05, 0.1) is 19.6 Å². The summed E-state index contributed by atoms with van der Waals surface area (Å²) in [6.45, 7) is 3.28. The van der Waals surface area contributed by atoms with Crippen molar-refractivity contribution in [2.24, 2.45) is 0 Å². The minimum absolute atomic E-state index is 0.0461. The molecule has 0 heterocycles. The maximum atomic E-state index is 13.0. The molecule has 7 nitrogen and oxygen atoms in total. The number of rotatable bonds is 12. The third-order valence-corrected chi connectivity index (χ3v) is 5.48. The summed E-state index contributed by atoms with van der Waals surface area (Å²) in [5.41, 5.74) is 0.160. The molecule has 7 heteroatoms. The highest BCUT2D eigenvalue weighted by Gasteiger charge is 2.52. The van der Waals surface area contributed by atoms with Crippen LogP contribution in [0.15, 0.2) is 84.9 Å². The van der Waals surface area contributed by atoms with E-state index in [2.05, 4.69) is 0 Å². The predicted molar refractivity (Wildman–Crippen MR) is 133 cm³/mol. The van der Waals surface area contributed by atoms with Crippen molar-refractivity contribution in [2.75, 3.05) is 19.8 Å². The van der Waals surface area contributed by atoms with Crippen molar-refractivity contribution in [2.45, 2.75) is 32.3 Å². The van der Waals surface area contributed by atoms with Gasteiger partial charge in [-0.1, -0.05) is 72.8 Å². The molecule has 0 saturated heterocycles. The van der Waals surface area contributed by atoms with Crippen molar-refractivity contribution >= 4 is 17.9 Å². The highest BCUT2D eigenvalue weighted by molar-refractivity contribution is 6.06. The quantitative estimate of drug-likeness (QED) is 0.211. The molecule has 0 aromatic heterocycles. The summed E-state index contributed by atoms with van der Waals surface area (Å²) >= 11 is 0. The van der Waals surface area contributed by atoms with Gasteiger partial charge in [-0.15, -0.1) is 0 Å². The summed E-state index contributed by atoms with van der Waals surface area (Å²) in [5.74, 6) is -1.59. The predicted octanol–water partition coefficient (Wildman–Crippen LogP) is 4.42. The van der Waals surface area contributed by atoms with Crippen LogP contribution in [0.3, 0.4) is 0 Å². The first-order chi connectivity index (χ1) is 17.5. The van der Waals surface area contributed by atoms with Crippen molar-refractivity contribution < 1.29 is 33.3 Å². The lowest BCUT2D eigenvalue weighted by molar-refractivity contribution is -0.170. The van der Waals surface area contributed by atoms with Gasteiger partial charge in [-0.3, -0.25) is 14.4 Å². The van der Waals surface area contributed by atoms with Gasteiger partial charge in [-0.2, -0.15) is 0 Å². The van der Waals surface area contributed by atoms with E-state index < -0.39 is 29.9 Å². The summed E-state index contributed by atoms with van der Waals surface area (Å²) in [4.78, 5) is 38.7. The van der Waals surface area contributed by atoms with Crippen LogP contribution in [0.2, 0.25) is 0 Å². The standard InChI is InChI=1S/C29H30O7/c1-3-33-27(31)29(28(32)34-4-2,24-13-9-6-10-14-24)21-36-26(30)19-22-15-17-25(18-16-22)35-20-23-11-7-5-8-12-23/h5-18H,3-4,19-21H2,1-2H3. The second-order valence-electron chi connectivity index (χ2n) is 7.97. The molecule has 3 rings (SSSR count). The maximum absolute atomic E-state index is 13.0. The van der Waals surface area contributed by atoms with Crippen LogP contribution >= 0.6 is 0 Å². The Hall–Kier alpha value is -4.13. The van der Waals surface area contributed by atoms with Crippen molar-refractivity contribution in [3.05, 3.63) is 102 Å². The lowest BCUT2D eigenvalue weighted by Crippen LogP contribution is -2.50. The van der Waals surface area contributed by atoms with Crippen LogP contribution in [-0.4, -0.2) is 37.7 Å². The number of benzene rings is 3. The lowest BCUT2D eigenvalue weighted by atomic mass is 9.81. The van der Waals surface area contributed by atoms with Gasteiger partial charge in [0.15, 0.2) is 0 Å².